The number of aliphatic imine (C=N–C) groups is 1. The Balaban J connectivity index is 0.00000172. The number of nitrogens with zero attached hydrogens (tertiary/aromatic N) is 1. The molecular weight excluding hydrogens is 255 g/mol. The topological polar surface area (TPSA) is 76.4 Å². The third-order valence-corrected chi connectivity index (χ3v) is 2.67. The molecule has 0 aromatic heterocycles. The lowest BCUT2D eigenvalue weighted by Gasteiger charge is -2.14. The van der Waals surface area contributed by atoms with Gasteiger partial charge in [0.15, 0.2) is 5.96 Å². The highest BCUT2D eigenvalue weighted by Crippen LogP contribution is 2.04. The number of alkyl halides is 1. The molecule has 0 aliphatic carbocycles. The van der Waals surface area contributed by atoms with Crippen molar-refractivity contribution in [3.8, 4) is 0 Å². The van der Waals surface area contributed by atoms with Gasteiger partial charge in [-0.3, -0.25) is 4.99 Å². The number of halogens is 1. The van der Waals surface area contributed by atoms with Gasteiger partial charge in [-0.15, -0.1) is 0 Å². The normalized spacial score (nSPS) is 11.2. The van der Waals surface area contributed by atoms with E-state index < -0.39 is 6.67 Å². The maximum absolute atomic E-state index is 12.8. The minimum Gasteiger partial charge on any atom is -0.370 e. The average Bonchev–Trinajstić information content (AvgIpc) is 2.46. The molecule has 0 aliphatic heterocycles. The Labute approximate surface area is 121 Å². The smallest absolute Gasteiger partial charge is 0.185 e. The van der Waals surface area contributed by atoms with Crippen molar-refractivity contribution in [3.05, 3.63) is 35.4 Å². The summed E-state index contributed by atoms with van der Waals surface area (Å²) in [4.78, 5) is 3.84. The highest BCUT2D eigenvalue weighted by atomic mass is 19.1. The Bertz CT molecular complexity index is 372. The number of rotatable bonds is 7. The van der Waals surface area contributed by atoms with Gasteiger partial charge in [-0.25, -0.2) is 4.39 Å². The highest BCUT2D eigenvalue weighted by Gasteiger charge is 2.07. The van der Waals surface area contributed by atoms with Crippen molar-refractivity contribution < 1.29 is 4.39 Å². The summed E-state index contributed by atoms with van der Waals surface area (Å²) >= 11 is 0. The molecule has 114 valence electrons. The van der Waals surface area contributed by atoms with Gasteiger partial charge in [0.05, 0.1) is 0 Å². The third kappa shape index (κ3) is 8.48. The van der Waals surface area contributed by atoms with Crippen LogP contribution in [-0.2, 0) is 6.54 Å². The van der Waals surface area contributed by atoms with Crippen molar-refractivity contribution in [1.82, 2.24) is 5.32 Å². The van der Waals surface area contributed by atoms with Gasteiger partial charge in [0, 0.05) is 19.1 Å². The molecule has 1 rings (SSSR count). The summed E-state index contributed by atoms with van der Waals surface area (Å²) in [5.74, 6) is 0.0474. The van der Waals surface area contributed by atoms with E-state index in [4.69, 9.17) is 11.5 Å². The van der Waals surface area contributed by atoms with Crippen LogP contribution in [0.25, 0.3) is 0 Å². The van der Waals surface area contributed by atoms with E-state index in [1.165, 1.54) is 5.56 Å². The van der Waals surface area contributed by atoms with E-state index in [9.17, 15) is 4.39 Å². The molecular formula is C15H27FN4. The second-order valence-electron chi connectivity index (χ2n) is 4.31. The SMILES string of the molecule is CC.Cc1ccc(CNC(CF)CCN=C(N)N)cc1. The van der Waals surface area contributed by atoms with E-state index in [-0.39, 0.29) is 12.0 Å². The molecule has 0 bridgehead atoms. The molecule has 0 radical (unpaired) electrons. The van der Waals surface area contributed by atoms with Crippen LogP contribution < -0.4 is 16.8 Å². The van der Waals surface area contributed by atoms with Gasteiger partial charge in [-0.05, 0) is 18.9 Å². The van der Waals surface area contributed by atoms with Crippen molar-refractivity contribution in [1.29, 1.82) is 0 Å². The molecule has 0 heterocycles. The van der Waals surface area contributed by atoms with E-state index in [2.05, 4.69) is 10.3 Å². The van der Waals surface area contributed by atoms with Crippen LogP contribution in [0, 0.1) is 6.92 Å². The lowest BCUT2D eigenvalue weighted by molar-refractivity contribution is 0.360. The summed E-state index contributed by atoms with van der Waals surface area (Å²) in [7, 11) is 0. The maximum Gasteiger partial charge on any atom is 0.185 e. The van der Waals surface area contributed by atoms with Crippen LogP contribution in [0.5, 0.6) is 0 Å². The van der Waals surface area contributed by atoms with Gasteiger partial charge in [0.1, 0.15) is 6.67 Å². The van der Waals surface area contributed by atoms with Crippen LogP contribution in [-0.4, -0.2) is 25.2 Å². The molecule has 1 aromatic carbocycles. The molecule has 0 fully saturated rings. The minimum atomic E-state index is -0.425. The second kappa shape index (κ2) is 11.2. The quantitative estimate of drug-likeness (QED) is 0.529. The number of aryl methyl sites for hydroxylation is 1. The lowest BCUT2D eigenvalue weighted by atomic mass is 10.1. The van der Waals surface area contributed by atoms with Gasteiger partial charge in [-0.2, -0.15) is 0 Å². The van der Waals surface area contributed by atoms with Crippen molar-refractivity contribution in [2.45, 2.75) is 39.8 Å². The Morgan fingerprint density at radius 2 is 1.85 bits per heavy atom. The van der Waals surface area contributed by atoms with Crippen LogP contribution in [0.3, 0.4) is 0 Å². The average molecular weight is 282 g/mol. The van der Waals surface area contributed by atoms with Gasteiger partial charge in [-0.1, -0.05) is 43.7 Å². The van der Waals surface area contributed by atoms with Crippen LogP contribution in [0.15, 0.2) is 29.3 Å². The van der Waals surface area contributed by atoms with Gasteiger partial charge in [0.2, 0.25) is 0 Å². The van der Waals surface area contributed by atoms with Gasteiger partial charge in [0.25, 0.3) is 0 Å². The molecule has 1 atom stereocenters. The summed E-state index contributed by atoms with van der Waals surface area (Å²) in [6, 6.07) is 7.94. The maximum atomic E-state index is 12.8. The van der Waals surface area contributed by atoms with Crippen molar-refractivity contribution >= 4 is 5.96 Å². The molecule has 20 heavy (non-hydrogen) atoms. The number of nitrogens with one attached hydrogen (secondary N) is 1. The van der Waals surface area contributed by atoms with Crippen molar-refractivity contribution in [2.75, 3.05) is 13.2 Å². The van der Waals surface area contributed by atoms with Crippen LogP contribution in [0.4, 0.5) is 4.39 Å². The van der Waals surface area contributed by atoms with Crippen molar-refractivity contribution in [3.63, 3.8) is 0 Å². The summed E-state index contributed by atoms with van der Waals surface area (Å²) in [5, 5.41) is 3.15. The molecule has 0 aliphatic rings. The predicted octanol–water partition coefficient (Wildman–Crippen LogP) is 2.11. The largest absolute Gasteiger partial charge is 0.370 e. The van der Waals surface area contributed by atoms with Gasteiger partial charge < -0.3 is 16.8 Å². The monoisotopic (exact) mass is 282 g/mol. The summed E-state index contributed by atoms with van der Waals surface area (Å²) in [6.45, 7) is 6.71. The zero-order chi connectivity index (χ0) is 15.4. The van der Waals surface area contributed by atoms with Crippen LogP contribution >= 0.6 is 0 Å². The first-order valence-electron chi connectivity index (χ1n) is 7.02. The first kappa shape index (κ1) is 18.4. The number of nitrogens with two attached hydrogens (primary N) is 2. The molecule has 1 aromatic rings. The summed E-state index contributed by atoms with van der Waals surface area (Å²) in [5.41, 5.74) is 12.8. The molecule has 0 spiro atoms. The first-order chi connectivity index (χ1) is 9.61. The standard InChI is InChI=1S/C13H21FN4.C2H6/c1-10-2-4-11(5-3-10)9-18-12(8-14)6-7-17-13(15)16;1-2/h2-5,12,18H,6-9H2,1H3,(H4,15,16,17);1-2H3. The summed E-state index contributed by atoms with van der Waals surface area (Å²) < 4.78 is 12.8. The van der Waals surface area contributed by atoms with E-state index >= 15 is 0 Å². The molecule has 1 unspecified atom stereocenters. The lowest BCUT2D eigenvalue weighted by Crippen LogP contribution is -2.32. The predicted molar refractivity (Wildman–Crippen MR) is 84.4 cm³/mol. The minimum absolute atomic E-state index is 0.0474. The molecule has 5 N–H and O–H groups in total. The number of hydrogen-bond donors (Lipinski definition) is 3. The van der Waals surface area contributed by atoms with Gasteiger partial charge >= 0.3 is 0 Å². The van der Waals surface area contributed by atoms with E-state index in [1.54, 1.807) is 0 Å². The number of benzene rings is 1. The zero-order valence-electron chi connectivity index (χ0n) is 12.7. The Hall–Kier alpha value is -1.62. The Kier molecular flexibility index (Phi) is 10.3. The van der Waals surface area contributed by atoms with Crippen LogP contribution in [0.1, 0.15) is 31.4 Å². The molecule has 5 heteroatoms. The second-order valence-corrected chi connectivity index (χ2v) is 4.31. The fourth-order valence-electron chi connectivity index (χ4n) is 1.55. The fourth-order valence-corrected chi connectivity index (χ4v) is 1.55. The zero-order valence-corrected chi connectivity index (χ0v) is 12.7. The number of hydrogen-bond acceptors (Lipinski definition) is 2. The van der Waals surface area contributed by atoms with E-state index in [1.807, 2.05) is 45.0 Å². The third-order valence-electron chi connectivity index (χ3n) is 2.67. The number of guanidine groups is 1. The van der Waals surface area contributed by atoms with Crippen molar-refractivity contribution in [2.24, 2.45) is 16.5 Å². The van der Waals surface area contributed by atoms with E-state index in [0.29, 0.717) is 19.5 Å². The molecule has 0 amide bonds. The molecule has 0 saturated heterocycles. The highest BCUT2D eigenvalue weighted by molar-refractivity contribution is 5.75. The first-order valence-corrected chi connectivity index (χ1v) is 7.02. The Morgan fingerprint density at radius 1 is 1.25 bits per heavy atom. The summed E-state index contributed by atoms with van der Waals surface area (Å²) in [6.07, 6.45) is 0.584. The molecule has 4 nitrogen and oxygen atoms in total. The fraction of sp³-hybridized carbons (Fsp3) is 0.533. The Morgan fingerprint density at radius 3 is 2.35 bits per heavy atom. The van der Waals surface area contributed by atoms with Crippen LogP contribution in [0.2, 0.25) is 0 Å². The van der Waals surface area contributed by atoms with E-state index in [0.717, 1.165) is 5.56 Å². The molecule has 0 saturated carbocycles.